The Balaban J connectivity index is 1.97. The van der Waals surface area contributed by atoms with Crippen LogP contribution in [0, 0.1) is 0 Å². The molecule has 1 aromatic heterocycles. The maximum Gasteiger partial charge on any atom is 0.338 e. The Labute approximate surface area is 196 Å². The molecule has 1 aliphatic heterocycles. The van der Waals surface area contributed by atoms with Gasteiger partial charge in [0, 0.05) is 9.50 Å². The Morgan fingerprint density at radius 3 is 2.65 bits per heavy atom. The molecule has 0 amide bonds. The van der Waals surface area contributed by atoms with Crippen molar-refractivity contribution in [1.82, 2.24) is 4.57 Å². The van der Waals surface area contributed by atoms with Crippen LogP contribution in [0.5, 0.6) is 0 Å². The van der Waals surface area contributed by atoms with Gasteiger partial charge >= 0.3 is 5.97 Å². The molecule has 0 spiro atoms. The van der Waals surface area contributed by atoms with E-state index in [1.165, 1.54) is 15.9 Å². The molecule has 0 radical (unpaired) electrons. The molecule has 8 heteroatoms. The summed E-state index contributed by atoms with van der Waals surface area (Å²) in [5.74, 6) is -0.504. The van der Waals surface area contributed by atoms with Crippen LogP contribution in [0.3, 0.4) is 0 Å². The van der Waals surface area contributed by atoms with Gasteiger partial charge in [-0.2, -0.15) is 0 Å². The van der Waals surface area contributed by atoms with Gasteiger partial charge in [-0.3, -0.25) is 9.36 Å². The van der Waals surface area contributed by atoms with E-state index in [0.717, 1.165) is 10.0 Å². The maximum absolute atomic E-state index is 13.5. The number of benzene rings is 2. The standard InChI is InChI=1S/C23H18BrClN2O3S/c1-3-30-22(29)19-13(2)26-23-27(20(19)16-6-4-5-7-17(16)25)21(28)18(31-23)12-14-8-10-15(24)11-9-14/h4-12,20H,3H2,1-2H3/b18-12-/t20-/m1/s1. The minimum atomic E-state index is -0.712. The van der Waals surface area contributed by atoms with Crippen molar-refractivity contribution in [3.05, 3.63) is 100 Å². The number of hydrogen-bond donors (Lipinski definition) is 0. The number of allylic oxidation sites excluding steroid dienone is 1. The fourth-order valence-electron chi connectivity index (χ4n) is 3.49. The summed E-state index contributed by atoms with van der Waals surface area (Å²) in [7, 11) is 0. The van der Waals surface area contributed by atoms with E-state index < -0.39 is 12.0 Å². The number of hydrogen-bond acceptors (Lipinski definition) is 5. The number of halogens is 2. The number of carbonyl (C=O) groups is 1. The van der Waals surface area contributed by atoms with E-state index in [9.17, 15) is 9.59 Å². The molecule has 0 bridgehead atoms. The molecule has 4 rings (SSSR count). The highest BCUT2D eigenvalue weighted by Gasteiger charge is 2.34. The van der Waals surface area contributed by atoms with Crippen molar-refractivity contribution in [3.8, 4) is 0 Å². The number of aromatic nitrogens is 1. The summed E-state index contributed by atoms with van der Waals surface area (Å²) in [6.07, 6.45) is 1.82. The molecule has 31 heavy (non-hydrogen) atoms. The number of carbonyl (C=O) groups excluding carboxylic acids is 1. The van der Waals surface area contributed by atoms with E-state index >= 15 is 0 Å². The molecular formula is C23H18BrClN2O3S. The molecule has 0 unspecified atom stereocenters. The zero-order valence-electron chi connectivity index (χ0n) is 16.8. The Hall–Kier alpha value is -2.48. The summed E-state index contributed by atoms with van der Waals surface area (Å²) in [4.78, 5) is 31.4. The van der Waals surface area contributed by atoms with Gasteiger partial charge < -0.3 is 4.74 Å². The number of esters is 1. The Bertz CT molecular complexity index is 1370. The lowest BCUT2D eigenvalue weighted by molar-refractivity contribution is -0.139. The summed E-state index contributed by atoms with van der Waals surface area (Å²) >= 11 is 11.2. The van der Waals surface area contributed by atoms with Crippen LogP contribution in [0.4, 0.5) is 0 Å². The fourth-order valence-corrected chi connectivity index (χ4v) is 5.04. The molecule has 1 atom stereocenters. The van der Waals surface area contributed by atoms with Crippen LogP contribution >= 0.6 is 38.9 Å². The summed E-state index contributed by atoms with van der Waals surface area (Å²) in [6.45, 7) is 3.71. The van der Waals surface area contributed by atoms with Crippen molar-refractivity contribution in [3.63, 3.8) is 0 Å². The van der Waals surface area contributed by atoms with Crippen molar-refractivity contribution in [2.75, 3.05) is 6.61 Å². The molecule has 0 saturated carbocycles. The third kappa shape index (κ3) is 4.18. The quantitative estimate of drug-likeness (QED) is 0.487. The van der Waals surface area contributed by atoms with E-state index in [4.69, 9.17) is 16.3 Å². The lowest BCUT2D eigenvalue weighted by Gasteiger charge is -2.25. The van der Waals surface area contributed by atoms with Gasteiger partial charge in [0.05, 0.1) is 22.4 Å². The van der Waals surface area contributed by atoms with Gasteiger partial charge in [0.25, 0.3) is 5.56 Å². The highest BCUT2D eigenvalue weighted by molar-refractivity contribution is 9.10. The SMILES string of the molecule is CCOC(=O)C1=C(C)N=c2s/c(=C\c3ccc(Br)cc3)c(=O)n2[C@@H]1c1ccccc1Cl. The first kappa shape index (κ1) is 21.7. The zero-order chi connectivity index (χ0) is 22.1. The molecule has 5 nitrogen and oxygen atoms in total. The predicted octanol–water partition coefficient (Wildman–Crippen LogP) is 4.21. The lowest BCUT2D eigenvalue weighted by Crippen LogP contribution is -2.40. The van der Waals surface area contributed by atoms with Crippen molar-refractivity contribution >= 4 is 50.9 Å². The maximum atomic E-state index is 13.5. The fraction of sp³-hybridized carbons (Fsp3) is 0.174. The van der Waals surface area contributed by atoms with Crippen LogP contribution in [0.25, 0.3) is 6.08 Å². The molecule has 3 aromatic rings. The van der Waals surface area contributed by atoms with E-state index in [2.05, 4.69) is 20.9 Å². The molecule has 0 saturated heterocycles. The van der Waals surface area contributed by atoms with Gasteiger partial charge in [0.1, 0.15) is 6.04 Å². The number of thiazole rings is 1. The monoisotopic (exact) mass is 516 g/mol. The van der Waals surface area contributed by atoms with Gasteiger partial charge in [0.2, 0.25) is 0 Å². The summed E-state index contributed by atoms with van der Waals surface area (Å²) in [6, 6.07) is 14.2. The Morgan fingerprint density at radius 2 is 1.97 bits per heavy atom. The zero-order valence-corrected chi connectivity index (χ0v) is 19.9. The van der Waals surface area contributed by atoms with Gasteiger partial charge in [-0.05, 0) is 49.2 Å². The lowest BCUT2D eigenvalue weighted by atomic mass is 9.96. The third-order valence-electron chi connectivity index (χ3n) is 4.88. The molecule has 2 heterocycles. The topological polar surface area (TPSA) is 60.7 Å². The van der Waals surface area contributed by atoms with Gasteiger partial charge in [-0.15, -0.1) is 0 Å². The second-order valence-corrected chi connectivity index (χ2v) is 9.21. The van der Waals surface area contributed by atoms with Crippen molar-refractivity contribution in [2.24, 2.45) is 4.99 Å². The van der Waals surface area contributed by atoms with E-state index in [1.54, 1.807) is 19.9 Å². The summed E-state index contributed by atoms with van der Waals surface area (Å²) in [5, 5.41) is 0.464. The first-order valence-electron chi connectivity index (χ1n) is 9.60. The number of nitrogens with zero attached hydrogens (tertiary/aromatic N) is 2. The smallest absolute Gasteiger partial charge is 0.338 e. The average Bonchev–Trinajstić information content (AvgIpc) is 3.04. The van der Waals surface area contributed by atoms with Crippen LogP contribution in [0.2, 0.25) is 5.02 Å². The van der Waals surface area contributed by atoms with Crippen LogP contribution in [-0.4, -0.2) is 17.1 Å². The Kier molecular flexibility index (Phi) is 6.27. The second-order valence-electron chi connectivity index (χ2n) is 6.88. The van der Waals surface area contributed by atoms with E-state index in [1.807, 2.05) is 48.5 Å². The van der Waals surface area contributed by atoms with Crippen molar-refractivity contribution in [2.45, 2.75) is 19.9 Å². The number of ether oxygens (including phenoxy) is 1. The van der Waals surface area contributed by atoms with Crippen LogP contribution < -0.4 is 14.9 Å². The average molecular weight is 518 g/mol. The summed E-state index contributed by atoms with van der Waals surface area (Å²) < 4.78 is 8.31. The van der Waals surface area contributed by atoms with Crippen LogP contribution in [0.15, 0.2) is 74.1 Å². The highest BCUT2D eigenvalue weighted by atomic mass is 79.9. The molecule has 0 fully saturated rings. The highest BCUT2D eigenvalue weighted by Crippen LogP contribution is 2.34. The van der Waals surface area contributed by atoms with Crippen molar-refractivity contribution < 1.29 is 9.53 Å². The molecule has 0 N–H and O–H groups in total. The largest absolute Gasteiger partial charge is 0.463 e. The number of fused-ring (bicyclic) bond motifs is 1. The van der Waals surface area contributed by atoms with Gasteiger partial charge in [-0.25, -0.2) is 9.79 Å². The normalized spacial score (nSPS) is 16.1. The van der Waals surface area contributed by atoms with E-state index in [-0.39, 0.29) is 12.2 Å². The van der Waals surface area contributed by atoms with Crippen LogP contribution in [0.1, 0.15) is 31.0 Å². The van der Waals surface area contributed by atoms with Gasteiger partial charge in [-0.1, -0.05) is 69.2 Å². The first-order valence-corrected chi connectivity index (χ1v) is 11.6. The molecule has 1 aliphatic rings. The van der Waals surface area contributed by atoms with Crippen molar-refractivity contribution in [1.29, 1.82) is 0 Å². The molecule has 158 valence electrons. The minimum Gasteiger partial charge on any atom is -0.463 e. The molecule has 0 aliphatic carbocycles. The van der Waals surface area contributed by atoms with E-state index in [0.29, 0.717) is 31.2 Å². The van der Waals surface area contributed by atoms with Gasteiger partial charge in [0.15, 0.2) is 4.80 Å². The minimum absolute atomic E-state index is 0.221. The molecular weight excluding hydrogens is 500 g/mol. The first-order chi connectivity index (χ1) is 14.9. The predicted molar refractivity (Wildman–Crippen MR) is 126 cm³/mol. The second kappa shape index (κ2) is 8.94. The van der Waals surface area contributed by atoms with Crippen LogP contribution in [-0.2, 0) is 9.53 Å². The Morgan fingerprint density at radius 1 is 1.26 bits per heavy atom. The number of rotatable bonds is 4. The molecule has 2 aromatic carbocycles. The third-order valence-corrected chi connectivity index (χ3v) is 6.74. The summed E-state index contributed by atoms with van der Waals surface area (Å²) in [5.41, 5.74) is 2.14.